The Kier molecular flexibility index (Phi) is 5.21. The van der Waals surface area contributed by atoms with Crippen LogP contribution in [0.15, 0.2) is 54.9 Å². The molecule has 1 saturated heterocycles. The van der Waals surface area contributed by atoms with E-state index in [0.717, 1.165) is 16.7 Å². The number of ether oxygens (including phenoxy) is 1. The maximum Gasteiger partial charge on any atom is 0.494 e. The van der Waals surface area contributed by atoms with Crippen molar-refractivity contribution in [3.63, 3.8) is 0 Å². The van der Waals surface area contributed by atoms with Gasteiger partial charge in [-0.25, -0.2) is 15.0 Å². The average Bonchev–Trinajstić information content (AvgIpc) is 2.96. The van der Waals surface area contributed by atoms with E-state index >= 15 is 0 Å². The molecule has 3 aromatic rings. The Morgan fingerprint density at radius 2 is 1.60 bits per heavy atom. The van der Waals surface area contributed by atoms with E-state index in [1.807, 2.05) is 70.2 Å². The summed E-state index contributed by atoms with van der Waals surface area (Å²) in [4.78, 5) is 13.0. The molecule has 1 aliphatic heterocycles. The van der Waals surface area contributed by atoms with Crippen molar-refractivity contribution in [1.82, 2.24) is 15.0 Å². The highest BCUT2D eigenvalue weighted by Gasteiger charge is 2.51. The molecule has 154 valence electrons. The lowest BCUT2D eigenvalue weighted by atomic mass is 9.79. The predicted octanol–water partition coefficient (Wildman–Crippen LogP) is 3.67. The van der Waals surface area contributed by atoms with E-state index in [1.54, 1.807) is 19.4 Å². The van der Waals surface area contributed by atoms with Crippen molar-refractivity contribution in [2.45, 2.75) is 38.9 Å². The van der Waals surface area contributed by atoms with Gasteiger partial charge in [-0.1, -0.05) is 12.1 Å². The van der Waals surface area contributed by atoms with Gasteiger partial charge in [0.25, 0.3) is 0 Å². The molecule has 1 fully saturated rings. The van der Waals surface area contributed by atoms with Crippen molar-refractivity contribution in [2.75, 3.05) is 12.4 Å². The van der Waals surface area contributed by atoms with Gasteiger partial charge in [-0.05, 0) is 63.5 Å². The van der Waals surface area contributed by atoms with Gasteiger partial charge in [0.15, 0.2) is 0 Å². The molecule has 0 spiro atoms. The van der Waals surface area contributed by atoms with Gasteiger partial charge in [0.05, 0.1) is 22.5 Å². The van der Waals surface area contributed by atoms with Gasteiger partial charge in [-0.2, -0.15) is 0 Å². The molecule has 7 nitrogen and oxygen atoms in total. The van der Waals surface area contributed by atoms with Crippen LogP contribution in [0.1, 0.15) is 27.7 Å². The van der Waals surface area contributed by atoms with Crippen LogP contribution >= 0.6 is 0 Å². The summed E-state index contributed by atoms with van der Waals surface area (Å²) in [7, 11) is 1.37. The van der Waals surface area contributed by atoms with Crippen LogP contribution < -0.4 is 15.5 Å². The van der Waals surface area contributed by atoms with Crippen LogP contribution in [-0.2, 0) is 9.31 Å². The summed E-state index contributed by atoms with van der Waals surface area (Å²) in [6.07, 6.45) is 3.39. The minimum atomic E-state index is -0.407. The van der Waals surface area contributed by atoms with Crippen LogP contribution in [0.25, 0.3) is 11.3 Å². The molecule has 8 heteroatoms. The quantitative estimate of drug-likeness (QED) is 0.650. The molecule has 0 unspecified atom stereocenters. The predicted molar refractivity (Wildman–Crippen MR) is 117 cm³/mol. The number of benzene rings is 1. The Morgan fingerprint density at radius 3 is 2.27 bits per heavy atom. The van der Waals surface area contributed by atoms with Gasteiger partial charge in [-0.15, -0.1) is 0 Å². The molecule has 2 aromatic heterocycles. The summed E-state index contributed by atoms with van der Waals surface area (Å²) in [6, 6.07) is 13.3. The van der Waals surface area contributed by atoms with Crippen LogP contribution in [0, 0.1) is 0 Å². The highest BCUT2D eigenvalue weighted by Crippen LogP contribution is 2.36. The molecular formula is C22H25BN4O3. The van der Waals surface area contributed by atoms with Crippen LogP contribution in [0.4, 0.5) is 5.95 Å². The zero-order valence-electron chi connectivity index (χ0n) is 17.8. The third-order valence-corrected chi connectivity index (χ3v) is 5.55. The normalized spacial score (nSPS) is 17.0. The third-order valence-electron chi connectivity index (χ3n) is 5.55. The van der Waals surface area contributed by atoms with E-state index < -0.39 is 7.12 Å². The van der Waals surface area contributed by atoms with Crippen molar-refractivity contribution in [1.29, 1.82) is 0 Å². The van der Waals surface area contributed by atoms with Gasteiger partial charge in [0.2, 0.25) is 11.8 Å². The van der Waals surface area contributed by atoms with Gasteiger partial charge in [-0.3, -0.25) is 0 Å². The summed E-state index contributed by atoms with van der Waals surface area (Å²) in [5.41, 5.74) is 1.70. The van der Waals surface area contributed by atoms with Crippen molar-refractivity contribution >= 4 is 18.5 Å². The van der Waals surface area contributed by atoms with Crippen molar-refractivity contribution in [2.24, 2.45) is 0 Å². The van der Waals surface area contributed by atoms with Crippen LogP contribution in [0.3, 0.4) is 0 Å². The fraction of sp³-hybridized carbons (Fsp3) is 0.318. The Bertz CT molecular complexity index is 1020. The Hall–Kier alpha value is -2.97. The monoisotopic (exact) mass is 404 g/mol. The van der Waals surface area contributed by atoms with E-state index in [4.69, 9.17) is 14.0 Å². The summed E-state index contributed by atoms with van der Waals surface area (Å²) in [5, 5.41) is 2.94. The first-order valence-corrected chi connectivity index (χ1v) is 9.89. The maximum absolute atomic E-state index is 6.11. The highest BCUT2D eigenvalue weighted by molar-refractivity contribution is 6.62. The molecule has 0 aliphatic carbocycles. The Balaban J connectivity index is 1.55. The van der Waals surface area contributed by atoms with Crippen LogP contribution in [0.5, 0.6) is 11.6 Å². The lowest BCUT2D eigenvalue weighted by Crippen LogP contribution is -2.41. The van der Waals surface area contributed by atoms with Gasteiger partial charge in [0.1, 0.15) is 5.75 Å². The second kappa shape index (κ2) is 7.70. The number of anilines is 1. The van der Waals surface area contributed by atoms with Gasteiger partial charge >= 0.3 is 7.12 Å². The molecule has 0 amide bonds. The third kappa shape index (κ3) is 3.88. The molecule has 30 heavy (non-hydrogen) atoms. The number of nitrogens with zero attached hydrogens (tertiary/aromatic N) is 3. The van der Waals surface area contributed by atoms with Gasteiger partial charge < -0.3 is 19.4 Å². The fourth-order valence-electron chi connectivity index (χ4n) is 3.08. The maximum atomic E-state index is 6.11. The number of rotatable bonds is 5. The molecule has 0 radical (unpaired) electrons. The number of aromatic nitrogens is 3. The summed E-state index contributed by atoms with van der Waals surface area (Å²) in [5.74, 6) is 1.67. The molecule has 3 heterocycles. The molecule has 0 saturated carbocycles. The number of hydrogen-bond donors (Lipinski definition) is 1. The van der Waals surface area contributed by atoms with E-state index in [1.165, 1.54) is 0 Å². The molecule has 1 N–H and O–H groups in total. The molecular weight excluding hydrogens is 379 g/mol. The first kappa shape index (κ1) is 20.3. The fourth-order valence-corrected chi connectivity index (χ4v) is 3.08. The Labute approximate surface area is 177 Å². The SMILES string of the molecule is CNc1nccc(-c2cccnc2Oc2ccc(B3OC(C)(C)C(C)(C)O3)cc2)n1. The molecule has 1 aliphatic rings. The lowest BCUT2D eigenvalue weighted by molar-refractivity contribution is 0.00578. The molecule has 4 rings (SSSR count). The summed E-state index contributed by atoms with van der Waals surface area (Å²) in [6.45, 7) is 8.17. The second-order valence-electron chi connectivity index (χ2n) is 8.13. The highest BCUT2D eigenvalue weighted by atomic mass is 16.7. The van der Waals surface area contributed by atoms with Crippen molar-refractivity contribution < 1.29 is 14.0 Å². The van der Waals surface area contributed by atoms with E-state index in [2.05, 4.69) is 20.3 Å². The topological polar surface area (TPSA) is 78.4 Å². The minimum Gasteiger partial charge on any atom is -0.438 e. The smallest absolute Gasteiger partial charge is 0.438 e. The largest absolute Gasteiger partial charge is 0.494 e. The second-order valence-corrected chi connectivity index (χ2v) is 8.13. The molecule has 1 aromatic carbocycles. The molecule has 0 bridgehead atoms. The van der Waals surface area contributed by atoms with Crippen molar-refractivity contribution in [3.8, 4) is 22.9 Å². The Morgan fingerprint density at radius 1 is 0.900 bits per heavy atom. The number of hydrogen-bond acceptors (Lipinski definition) is 7. The summed E-state index contributed by atoms with van der Waals surface area (Å²) >= 11 is 0. The zero-order chi connectivity index (χ0) is 21.4. The van der Waals surface area contributed by atoms with Gasteiger partial charge in [0, 0.05) is 19.4 Å². The first-order chi connectivity index (χ1) is 14.3. The van der Waals surface area contributed by atoms with E-state index in [0.29, 0.717) is 17.6 Å². The van der Waals surface area contributed by atoms with E-state index in [9.17, 15) is 0 Å². The first-order valence-electron chi connectivity index (χ1n) is 9.89. The van der Waals surface area contributed by atoms with Crippen LogP contribution in [-0.4, -0.2) is 40.3 Å². The zero-order valence-corrected chi connectivity index (χ0v) is 17.8. The minimum absolute atomic E-state index is 0.376. The van der Waals surface area contributed by atoms with E-state index in [-0.39, 0.29) is 11.2 Å². The molecule has 0 atom stereocenters. The number of nitrogens with one attached hydrogen (secondary N) is 1. The number of pyridine rings is 1. The summed E-state index contributed by atoms with van der Waals surface area (Å²) < 4.78 is 18.3. The standard InChI is InChI=1S/C22H25BN4O3/c1-21(2)22(3,4)30-23(29-21)15-8-10-16(11-9-15)28-19-17(7-6-13-25-19)18-12-14-26-20(24-5)27-18/h6-14H,1-5H3,(H,24,26,27). The van der Waals surface area contributed by atoms with Crippen LogP contribution in [0.2, 0.25) is 0 Å². The van der Waals surface area contributed by atoms with Crippen molar-refractivity contribution in [3.05, 3.63) is 54.9 Å². The lowest BCUT2D eigenvalue weighted by Gasteiger charge is -2.32. The average molecular weight is 404 g/mol.